The SMILES string of the molecule is O=C(C1CCCC1)N1CCC(c2cc3ccccc3cn2)CC1. The van der Waals surface area contributed by atoms with Crippen molar-refractivity contribution < 1.29 is 4.79 Å². The summed E-state index contributed by atoms with van der Waals surface area (Å²) in [6, 6.07) is 10.6. The number of piperidine rings is 1. The van der Waals surface area contributed by atoms with Gasteiger partial charge >= 0.3 is 0 Å². The molecule has 1 aliphatic carbocycles. The van der Waals surface area contributed by atoms with Gasteiger partial charge in [-0.3, -0.25) is 9.78 Å². The normalized spacial score (nSPS) is 20.3. The number of likely N-dealkylation sites (tertiary alicyclic amines) is 1. The van der Waals surface area contributed by atoms with Gasteiger partial charge in [0.25, 0.3) is 0 Å². The number of rotatable bonds is 2. The maximum absolute atomic E-state index is 12.5. The molecule has 2 fully saturated rings. The third-order valence-corrected chi connectivity index (χ3v) is 5.58. The molecule has 2 aromatic rings. The number of hydrogen-bond donors (Lipinski definition) is 0. The Bertz CT molecular complexity index is 698. The highest BCUT2D eigenvalue weighted by atomic mass is 16.2. The summed E-state index contributed by atoms with van der Waals surface area (Å²) in [5.41, 5.74) is 1.19. The van der Waals surface area contributed by atoms with Crippen LogP contribution in [0.1, 0.15) is 50.1 Å². The summed E-state index contributed by atoms with van der Waals surface area (Å²) in [6.07, 6.45) is 8.74. The lowest BCUT2D eigenvalue weighted by molar-refractivity contribution is -0.136. The van der Waals surface area contributed by atoms with E-state index in [2.05, 4.69) is 40.2 Å². The quantitative estimate of drug-likeness (QED) is 0.835. The summed E-state index contributed by atoms with van der Waals surface area (Å²) in [6.45, 7) is 1.79. The van der Waals surface area contributed by atoms with Gasteiger partial charge in [-0.15, -0.1) is 0 Å². The second-order valence-electron chi connectivity index (χ2n) is 7.04. The Morgan fingerprint density at radius 1 is 1.00 bits per heavy atom. The first kappa shape index (κ1) is 14.7. The van der Waals surface area contributed by atoms with Gasteiger partial charge < -0.3 is 4.90 Å². The van der Waals surface area contributed by atoms with E-state index in [1.165, 1.54) is 29.3 Å². The number of amides is 1. The van der Waals surface area contributed by atoms with Gasteiger partial charge in [-0.05, 0) is 37.1 Å². The first-order valence-electron chi connectivity index (χ1n) is 8.95. The second-order valence-corrected chi connectivity index (χ2v) is 7.04. The maximum Gasteiger partial charge on any atom is 0.225 e. The van der Waals surface area contributed by atoms with Crippen LogP contribution in [-0.2, 0) is 4.79 Å². The van der Waals surface area contributed by atoms with Gasteiger partial charge in [0.05, 0.1) is 0 Å². The molecule has 1 saturated carbocycles. The van der Waals surface area contributed by atoms with Crippen LogP contribution in [0.2, 0.25) is 0 Å². The lowest BCUT2D eigenvalue weighted by Gasteiger charge is -2.33. The fraction of sp³-hybridized carbons (Fsp3) is 0.500. The topological polar surface area (TPSA) is 33.2 Å². The Morgan fingerprint density at radius 3 is 2.43 bits per heavy atom. The van der Waals surface area contributed by atoms with E-state index in [9.17, 15) is 4.79 Å². The maximum atomic E-state index is 12.5. The molecule has 0 bridgehead atoms. The van der Waals surface area contributed by atoms with Crippen LogP contribution >= 0.6 is 0 Å². The smallest absolute Gasteiger partial charge is 0.225 e. The molecular formula is C20H24N2O. The average Bonchev–Trinajstić information content (AvgIpc) is 3.15. The van der Waals surface area contributed by atoms with E-state index >= 15 is 0 Å². The molecule has 1 aliphatic heterocycles. The van der Waals surface area contributed by atoms with Crippen molar-refractivity contribution in [3.8, 4) is 0 Å². The highest BCUT2D eigenvalue weighted by Gasteiger charge is 2.30. The lowest BCUT2D eigenvalue weighted by atomic mass is 9.91. The van der Waals surface area contributed by atoms with Gasteiger partial charge in [0, 0.05) is 42.2 Å². The Kier molecular flexibility index (Phi) is 4.02. The molecule has 0 radical (unpaired) electrons. The van der Waals surface area contributed by atoms with Crippen LogP contribution < -0.4 is 0 Å². The van der Waals surface area contributed by atoms with E-state index in [1.54, 1.807) is 0 Å². The summed E-state index contributed by atoms with van der Waals surface area (Å²) in [5.74, 6) is 1.21. The Morgan fingerprint density at radius 2 is 1.70 bits per heavy atom. The first-order valence-corrected chi connectivity index (χ1v) is 8.95. The largest absolute Gasteiger partial charge is 0.342 e. The number of benzene rings is 1. The zero-order valence-corrected chi connectivity index (χ0v) is 13.6. The molecule has 0 unspecified atom stereocenters. The van der Waals surface area contributed by atoms with Gasteiger partial charge in [0.1, 0.15) is 0 Å². The summed E-state index contributed by atoms with van der Waals surface area (Å²) < 4.78 is 0. The molecule has 3 nitrogen and oxygen atoms in total. The number of carbonyl (C=O) groups is 1. The van der Waals surface area contributed by atoms with Crippen molar-refractivity contribution in [3.63, 3.8) is 0 Å². The van der Waals surface area contributed by atoms with Crippen molar-refractivity contribution in [3.05, 3.63) is 42.2 Å². The Labute approximate surface area is 137 Å². The number of aromatic nitrogens is 1. The van der Waals surface area contributed by atoms with Crippen LogP contribution in [0, 0.1) is 5.92 Å². The van der Waals surface area contributed by atoms with E-state index in [0.717, 1.165) is 38.8 Å². The van der Waals surface area contributed by atoms with Crippen molar-refractivity contribution >= 4 is 16.7 Å². The molecule has 0 atom stereocenters. The van der Waals surface area contributed by atoms with Gasteiger partial charge in [-0.25, -0.2) is 0 Å². The first-order chi connectivity index (χ1) is 11.3. The third kappa shape index (κ3) is 2.97. The van der Waals surface area contributed by atoms with Gasteiger partial charge in [0.15, 0.2) is 0 Å². The predicted molar refractivity (Wildman–Crippen MR) is 92.3 cm³/mol. The number of hydrogen-bond acceptors (Lipinski definition) is 2. The van der Waals surface area contributed by atoms with E-state index < -0.39 is 0 Å². The Hall–Kier alpha value is -1.90. The molecule has 4 rings (SSSR count). The van der Waals surface area contributed by atoms with Crippen molar-refractivity contribution in [2.75, 3.05) is 13.1 Å². The zero-order valence-electron chi connectivity index (χ0n) is 13.6. The number of nitrogens with zero attached hydrogens (tertiary/aromatic N) is 2. The van der Waals surface area contributed by atoms with E-state index in [1.807, 2.05) is 6.20 Å². The van der Waals surface area contributed by atoms with Crippen LogP contribution in [0.15, 0.2) is 36.5 Å². The minimum absolute atomic E-state index is 0.311. The van der Waals surface area contributed by atoms with Crippen LogP contribution in [-0.4, -0.2) is 28.9 Å². The van der Waals surface area contributed by atoms with Crippen LogP contribution in [0.4, 0.5) is 0 Å². The molecule has 1 amide bonds. The molecular weight excluding hydrogens is 284 g/mol. The van der Waals surface area contributed by atoms with E-state index in [4.69, 9.17) is 0 Å². The molecule has 1 aromatic heterocycles. The summed E-state index contributed by atoms with van der Waals surface area (Å²) >= 11 is 0. The molecule has 3 heteroatoms. The molecule has 1 aromatic carbocycles. The van der Waals surface area contributed by atoms with Gasteiger partial charge in [0.2, 0.25) is 5.91 Å². The molecule has 2 aliphatic rings. The lowest BCUT2D eigenvalue weighted by Crippen LogP contribution is -2.40. The fourth-order valence-electron chi connectivity index (χ4n) is 4.15. The fourth-order valence-corrected chi connectivity index (χ4v) is 4.15. The predicted octanol–water partition coefficient (Wildman–Crippen LogP) is 4.13. The monoisotopic (exact) mass is 308 g/mol. The van der Waals surface area contributed by atoms with Gasteiger partial charge in [-0.2, -0.15) is 0 Å². The zero-order chi connectivity index (χ0) is 15.6. The second kappa shape index (κ2) is 6.31. The minimum Gasteiger partial charge on any atom is -0.342 e. The number of carbonyl (C=O) groups excluding carboxylic acids is 1. The van der Waals surface area contributed by atoms with Crippen molar-refractivity contribution in [2.24, 2.45) is 5.92 Å². The molecule has 0 spiro atoms. The number of fused-ring (bicyclic) bond motifs is 1. The van der Waals surface area contributed by atoms with E-state index in [-0.39, 0.29) is 0 Å². The van der Waals surface area contributed by atoms with E-state index in [0.29, 0.717) is 17.7 Å². The summed E-state index contributed by atoms with van der Waals surface area (Å²) in [5, 5.41) is 2.46. The molecule has 1 saturated heterocycles. The minimum atomic E-state index is 0.311. The third-order valence-electron chi connectivity index (χ3n) is 5.58. The number of pyridine rings is 1. The average molecular weight is 308 g/mol. The van der Waals surface area contributed by atoms with Crippen LogP contribution in [0.5, 0.6) is 0 Å². The standard InChI is InChI=1S/C20H24N2O/c23-20(16-5-1-2-6-16)22-11-9-15(10-12-22)19-13-17-7-3-4-8-18(17)14-21-19/h3-4,7-8,13-16H,1-2,5-6,9-12H2. The molecule has 2 heterocycles. The molecule has 23 heavy (non-hydrogen) atoms. The van der Waals surface area contributed by atoms with Crippen LogP contribution in [0.25, 0.3) is 10.8 Å². The van der Waals surface area contributed by atoms with Crippen LogP contribution in [0.3, 0.4) is 0 Å². The Balaban J connectivity index is 1.43. The highest BCUT2D eigenvalue weighted by Crippen LogP contribution is 2.31. The molecule has 0 N–H and O–H groups in total. The van der Waals surface area contributed by atoms with Crippen molar-refractivity contribution in [1.82, 2.24) is 9.88 Å². The summed E-state index contributed by atoms with van der Waals surface area (Å²) in [4.78, 5) is 19.3. The highest BCUT2D eigenvalue weighted by molar-refractivity contribution is 5.82. The summed E-state index contributed by atoms with van der Waals surface area (Å²) in [7, 11) is 0. The molecule has 120 valence electrons. The van der Waals surface area contributed by atoms with Crippen molar-refractivity contribution in [1.29, 1.82) is 0 Å². The van der Waals surface area contributed by atoms with Crippen molar-refractivity contribution in [2.45, 2.75) is 44.4 Å². The van der Waals surface area contributed by atoms with Gasteiger partial charge in [-0.1, -0.05) is 37.1 Å².